The molecule has 1 aliphatic heterocycles. The largest absolute Gasteiger partial charge is 0.347 e. The Morgan fingerprint density at radius 2 is 1.72 bits per heavy atom. The maximum Gasteiger partial charge on any atom is 0.244 e. The molecule has 18 heavy (non-hydrogen) atoms. The average molecular weight is 246 g/mol. The van der Waals surface area contributed by atoms with E-state index in [2.05, 4.69) is 17.0 Å². The highest BCUT2D eigenvalue weighted by Crippen LogP contribution is 2.25. The zero-order chi connectivity index (χ0) is 13.0. The molecule has 1 heterocycles. The second kappa shape index (κ2) is 6.01. The Bertz CT molecular complexity index is 383. The van der Waals surface area contributed by atoms with Crippen LogP contribution in [0.25, 0.3) is 0 Å². The summed E-state index contributed by atoms with van der Waals surface area (Å²) in [5.74, 6) is 0.183. The summed E-state index contributed by atoms with van der Waals surface area (Å²) in [4.78, 5) is 16.4. The number of amides is 1. The Balaban J connectivity index is 2.25. The Hall–Kier alpha value is -1.35. The van der Waals surface area contributed by atoms with Crippen molar-refractivity contribution < 1.29 is 4.79 Å². The fourth-order valence-electron chi connectivity index (χ4n) is 2.57. The molecule has 0 radical (unpaired) electrons. The minimum Gasteiger partial charge on any atom is -0.347 e. The van der Waals surface area contributed by atoms with E-state index in [0.29, 0.717) is 0 Å². The van der Waals surface area contributed by atoms with Gasteiger partial charge in [0.25, 0.3) is 0 Å². The van der Waals surface area contributed by atoms with Crippen molar-refractivity contribution in [3.63, 3.8) is 0 Å². The molecule has 0 N–H and O–H groups in total. The van der Waals surface area contributed by atoms with E-state index in [1.807, 2.05) is 32.3 Å². The molecular formula is C15H22N2O. The molecule has 1 unspecified atom stereocenters. The van der Waals surface area contributed by atoms with E-state index in [9.17, 15) is 4.79 Å². The maximum atomic E-state index is 12.4. The summed E-state index contributed by atoms with van der Waals surface area (Å²) in [6, 6.07) is 10.0. The number of likely N-dealkylation sites (tertiary alicyclic amines) is 1. The van der Waals surface area contributed by atoms with Crippen molar-refractivity contribution in [2.75, 3.05) is 27.2 Å². The number of nitrogens with zero attached hydrogens (tertiary/aromatic N) is 2. The van der Waals surface area contributed by atoms with Crippen molar-refractivity contribution in [2.45, 2.75) is 25.3 Å². The molecule has 1 aromatic carbocycles. The topological polar surface area (TPSA) is 23.6 Å². The molecule has 0 aliphatic carbocycles. The summed E-state index contributed by atoms with van der Waals surface area (Å²) in [5.41, 5.74) is 1.11. The lowest BCUT2D eigenvalue weighted by molar-refractivity contribution is -0.135. The van der Waals surface area contributed by atoms with Gasteiger partial charge in [0.1, 0.15) is 6.04 Å². The first kappa shape index (κ1) is 13.1. The number of benzene rings is 1. The minimum atomic E-state index is -0.110. The smallest absolute Gasteiger partial charge is 0.244 e. The SMILES string of the molecule is CN(C)C(=O)C(c1ccccc1)N1CCCCC1. The van der Waals surface area contributed by atoms with Gasteiger partial charge in [0.15, 0.2) is 0 Å². The lowest BCUT2D eigenvalue weighted by Gasteiger charge is -2.35. The fourth-order valence-corrected chi connectivity index (χ4v) is 2.57. The Morgan fingerprint density at radius 3 is 2.28 bits per heavy atom. The first-order chi connectivity index (χ1) is 8.70. The van der Waals surface area contributed by atoms with Gasteiger partial charge in [-0.05, 0) is 31.5 Å². The molecule has 3 heteroatoms. The zero-order valence-corrected chi connectivity index (χ0v) is 11.3. The van der Waals surface area contributed by atoms with Gasteiger partial charge < -0.3 is 4.90 Å². The molecule has 1 aromatic rings. The van der Waals surface area contributed by atoms with E-state index in [-0.39, 0.29) is 11.9 Å². The predicted molar refractivity (Wildman–Crippen MR) is 73.3 cm³/mol. The second-order valence-corrected chi connectivity index (χ2v) is 5.14. The van der Waals surface area contributed by atoms with Crippen molar-refractivity contribution in [1.82, 2.24) is 9.80 Å². The molecule has 0 spiro atoms. The molecular weight excluding hydrogens is 224 g/mol. The van der Waals surface area contributed by atoms with Crippen LogP contribution in [0.1, 0.15) is 30.9 Å². The van der Waals surface area contributed by atoms with Crippen LogP contribution in [0.5, 0.6) is 0 Å². The van der Waals surface area contributed by atoms with Gasteiger partial charge >= 0.3 is 0 Å². The Morgan fingerprint density at radius 1 is 1.11 bits per heavy atom. The number of carbonyl (C=O) groups excluding carboxylic acids is 1. The van der Waals surface area contributed by atoms with Crippen LogP contribution >= 0.6 is 0 Å². The zero-order valence-electron chi connectivity index (χ0n) is 11.3. The molecule has 1 aliphatic rings. The lowest BCUT2D eigenvalue weighted by atomic mass is 10.0. The molecule has 0 saturated carbocycles. The van der Waals surface area contributed by atoms with Gasteiger partial charge in [-0.1, -0.05) is 36.8 Å². The van der Waals surface area contributed by atoms with Crippen LogP contribution in [0.2, 0.25) is 0 Å². The van der Waals surface area contributed by atoms with Crippen LogP contribution in [0.4, 0.5) is 0 Å². The van der Waals surface area contributed by atoms with E-state index in [1.165, 1.54) is 19.3 Å². The first-order valence-corrected chi connectivity index (χ1v) is 6.70. The van der Waals surface area contributed by atoms with Crippen LogP contribution in [0.3, 0.4) is 0 Å². The van der Waals surface area contributed by atoms with E-state index in [4.69, 9.17) is 0 Å². The molecule has 1 atom stereocenters. The predicted octanol–water partition coefficient (Wildman–Crippen LogP) is 2.30. The van der Waals surface area contributed by atoms with E-state index >= 15 is 0 Å². The molecule has 0 bridgehead atoms. The van der Waals surface area contributed by atoms with Crippen molar-refractivity contribution in [3.8, 4) is 0 Å². The normalized spacial score (nSPS) is 18.3. The summed E-state index contributed by atoms with van der Waals surface area (Å²) in [5, 5.41) is 0. The molecule has 1 fully saturated rings. The third-order valence-electron chi connectivity index (χ3n) is 3.55. The van der Waals surface area contributed by atoms with Gasteiger partial charge in [-0.25, -0.2) is 0 Å². The summed E-state index contributed by atoms with van der Waals surface area (Å²) in [7, 11) is 3.67. The van der Waals surface area contributed by atoms with Gasteiger partial charge in [-0.15, -0.1) is 0 Å². The van der Waals surface area contributed by atoms with E-state index in [0.717, 1.165) is 18.7 Å². The van der Waals surface area contributed by atoms with Crippen LogP contribution in [0.15, 0.2) is 30.3 Å². The summed E-state index contributed by atoms with van der Waals surface area (Å²) in [6.07, 6.45) is 3.68. The third kappa shape index (κ3) is 2.91. The van der Waals surface area contributed by atoms with Gasteiger partial charge in [-0.3, -0.25) is 9.69 Å². The number of piperidine rings is 1. The molecule has 3 nitrogen and oxygen atoms in total. The fraction of sp³-hybridized carbons (Fsp3) is 0.533. The van der Waals surface area contributed by atoms with Crippen molar-refractivity contribution in [1.29, 1.82) is 0 Å². The maximum absolute atomic E-state index is 12.4. The molecule has 98 valence electrons. The van der Waals surface area contributed by atoms with Crippen LogP contribution in [-0.2, 0) is 4.79 Å². The van der Waals surface area contributed by atoms with Crippen molar-refractivity contribution in [2.24, 2.45) is 0 Å². The monoisotopic (exact) mass is 246 g/mol. The average Bonchev–Trinajstić information content (AvgIpc) is 2.41. The molecule has 1 amide bonds. The molecule has 0 aromatic heterocycles. The van der Waals surface area contributed by atoms with Gasteiger partial charge in [-0.2, -0.15) is 0 Å². The van der Waals surface area contributed by atoms with E-state index < -0.39 is 0 Å². The third-order valence-corrected chi connectivity index (χ3v) is 3.55. The number of likely N-dealkylation sites (N-methyl/N-ethyl adjacent to an activating group) is 1. The van der Waals surface area contributed by atoms with Crippen molar-refractivity contribution >= 4 is 5.91 Å². The standard InChI is InChI=1S/C15H22N2O/c1-16(2)15(18)14(13-9-5-3-6-10-13)17-11-7-4-8-12-17/h3,5-6,9-10,14H,4,7-8,11-12H2,1-2H3. The summed E-state index contributed by atoms with van der Waals surface area (Å²) < 4.78 is 0. The van der Waals surface area contributed by atoms with Gasteiger partial charge in [0.2, 0.25) is 5.91 Å². The van der Waals surface area contributed by atoms with Crippen molar-refractivity contribution in [3.05, 3.63) is 35.9 Å². The lowest BCUT2D eigenvalue weighted by Crippen LogP contribution is -2.42. The molecule has 2 rings (SSSR count). The number of carbonyl (C=O) groups is 1. The first-order valence-electron chi connectivity index (χ1n) is 6.70. The van der Waals surface area contributed by atoms with Crippen LogP contribution in [-0.4, -0.2) is 42.9 Å². The highest BCUT2D eigenvalue weighted by Gasteiger charge is 2.29. The quantitative estimate of drug-likeness (QED) is 0.817. The Kier molecular flexibility index (Phi) is 4.37. The number of hydrogen-bond donors (Lipinski definition) is 0. The van der Waals surface area contributed by atoms with Crippen LogP contribution in [0, 0.1) is 0 Å². The highest BCUT2D eigenvalue weighted by molar-refractivity contribution is 5.82. The summed E-state index contributed by atoms with van der Waals surface area (Å²) in [6.45, 7) is 2.05. The van der Waals surface area contributed by atoms with E-state index in [1.54, 1.807) is 4.90 Å². The van der Waals surface area contributed by atoms with Crippen LogP contribution < -0.4 is 0 Å². The number of hydrogen-bond acceptors (Lipinski definition) is 2. The second-order valence-electron chi connectivity index (χ2n) is 5.14. The van der Waals surface area contributed by atoms with Gasteiger partial charge in [0.05, 0.1) is 0 Å². The minimum absolute atomic E-state index is 0.110. The highest BCUT2D eigenvalue weighted by atomic mass is 16.2. The Labute approximate surface area is 109 Å². The van der Waals surface area contributed by atoms with Gasteiger partial charge in [0, 0.05) is 14.1 Å². The summed E-state index contributed by atoms with van der Waals surface area (Å²) >= 11 is 0. The molecule has 1 saturated heterocycles. The number of rotatable bonds is 3.